The molecule has 0 saturated carbocycles. The number of fused-ring (bicyclic) bond motifs is 11. The number of anilines is 3. The van der Waals surface area contributed by atoms with Gasteiger partial charge in [-0.15, -0.1) is 0 Å². The molecule has 5 heteroatoms. The monoisotopic (exact) mass is 653 g/mol. The maximum atomic E-state index is 6.34. The van der Waals surface area contributed by atoms with Crippen LogP contribution in [0.1, 0.15) is 0 Å². The van der Waals surface area contributed by atoms with Crippen LogP contribution in [0.4, 0.5) is 17.2 Å². The van der Waals surface area contributed by atoms with E-state index in [1.807, 2.05) is 54.7 Å². The first-order valence-electron chi connectivity index (χ1n) is 17.1. The number of aromatic nitrogens is 2. The molecule has 4 aromatic heterocycles. The van der Waals surface area contributed by atoms with Gasteiger partial charge in [-0.25, -0.2) is 9.97 Å². The van der Waals surface area contributed by atoms with E-state index < -0.39 is 0 Å². The van der Waals surface area contributed by atoms with Crippen LogP contribution in [0.2, 0.25) is 0 Å². The molecular formula is C46H27N3O2. The highest BCUT2D eigenvalue weighted by molar-refractivity contribution is 6.21. The van der Waals surface area contributed by atoms with Crippen molar-refractivity contribution in [2.45, 2.75) is 0 Å². The summed E-state index contributed by atoms with van der Waals surface area (Å²) in [6.45, 7) is 0. The van der Waals surface area contributed by atoms with Gasteiger partial charge in [-0.1, -0.05) is 109 Å². The molecule has 7 aromatic carbocycles. The van der Waals surface area contributed by atoms with Gasteiger partial charge >= 0.3 is 0 Å². The minimum absolute atomic E-state index is 0.578. The summed E-state index contributed by atoms with van der Waals surface area (Å²) >= 11 is 0. The van der Waals surface area contributed by atoms with Crippen molar-refractivity contribution in [3.8, 4) is 11.1 Å². The summed E-state index contributed by atoms with van der Waals surface area (Å²) in [5.74, 6) is 0.769. The van der Waals surface area contributed by atoms with E-state index >= 15 is 0 Å². The number of pyridine rings is 2. The summed E-state index contributed by atoms with van der Waals surface area (Å²) in [6, 6.07) is 53.2. The molecule has 51 heavy (non-hydrogen) atoms. The molecule has 0 amide bonds. The van der Waals surface area contributed by atoms with Crippen LogP contribution < -0.4 is 4.90 Å². The number of hydrogen-bond acceptors (Lipinski definition) is 5. The Kier molecular flexibility index (Phi) is 5.89. The van der Waals surface area contributed by atoms with Crippen LogP contribution in [0.25, 0.3) is 87.5 Å². The number of rotatable bonds is 4. The average molecular weight is 654 g/mol. The van der Waals surface area contributed by atoms with Crippen LogP contribution in [-0.2, 0) is 0 Å². The molecule has 0 aliphatic heterocycles. The van der Waals surface area contributed by atoms with Crippen LogP contribution in [0.5, 0.6) is 0 Å². The first-order chi connectivity index (χ1) is 25.3. The lowest BCUT2D eigenvalue weighted by Crippen LogP contribution is -2.12. The second-order valence-corrected chi connectivity index (χ2v) is 12.9. The Labute approximate surface area is 291 Å². The van der Waals surface area contributed by atoms with E-state index in [4.69, 9.17) is 13.8 Å². The third-order valence-corrected chi connectivity index (χ3v) is 10.2. The van der Waals surface area contributed by atoms with Crippen LogP contribution in [0, 0.1) is 0 Å². The Morgan fingerprint density at radius 1 is 0.431 bits per heavy atom. The fourth-order valence-electron chi connectivity index (χ4n) is 7.90. The number of benzene rings is 7. The summed E-state index contributed by atoms with van der Waals surface area (Å²) in [5, 5.41) is 11.4. The van der Waals surface area contributed by atoms with E-state index in [1.54, 1.807) is 6.20 Å². The molecule has 0 spiro atoms. The maximum absolute atomic E-state index is 6.34. The van der Waals surface area contributed by atoms with E-state index in [2.05, 4.69) is 113 Å². The summed E-state index contributed by atoms with van der Waals surface area (Å²) in [4.78, 5) is 11.9. The molecule has 11 rings (SSSR count). The zero-order chi connectivity index (χ0) is 33.5. The summed E-state index contributed by atoms with van der Waals surface area (Å²) in [7, 11) is 0. The fourth-order valence-corrected chi connectivity index (χ4v) is 7.90. The molecular weight excluding hydrogens is 627 g/mol. The second-order valence-electron chi connectivity index (χ2n) is 12.9. The van der Waals surface area contributed by atoms with Gasteiger partial charge in [0.15, 0.2) is 0 Å². The van der Waals surface area contributed by atoms with E-state index in [-0.39, 0.29) is 0 Å². The van der Waals surface area contributed by atoms with Gasteiger partial charge in [0.25, 0.3) is 0 Å². The van der Waals surface area contributed by atoms with Crippen molar-refractivity contribution in [2.24, 2.45) is 0 Å². The molecule has 0 aliphatic rings. The minimum Gasteiger partial charge on any atom is -0.456 e. The van der Waals surface area contributed by atoms with Gasteiger partial charge in [-0.05, 0) is 85.9 Å². The molecule has 0 unspecified atom stereocenters. The minimum atomic E-state index is 0.578. The number of furan rings is 2. The lowest BCUT2D eigenvalue weighted by molar-refractivity contribution is 0.654. The topological polar surface area (TPSA) is 55.3 Å². The van der Waals surface area contributed by atoms with E-state index in [0.29, 0.717) is 5.71 Å². The van der Waals surface area contributed by atoms with Crippen molar-refractivity contribution in [3.05, 3.63) is 164 Å². The maximum Gasteiger partial charge on any atom is 0.229 e. The van der Waals surface area contributed by atoms with Crippen LogP contribution >= 0.6 is 0 Å². The van der Waals surface area contributed by atoms with Gasteiger partial charge in [-0.2, -0.15) is 0 Å². The van der Waals surface area contributed by atoms with Crippen molar-refractivity contribution in [3.63, 3.8) is 0 Å². The first-order valence-corrected chi connectivity index (χ1v) is 17.1. The van der Waals surface area contributed by atoms with E-state index in [9.17, 15) is 0 Å². The molecule has 0 bridgehead atoms. The normalized spacial score (nSPS) is 11.9. The predicted octanol–water partition coefficient (Wildman–Crippen LogP) is 12.9. The molecule has 0 saturated heterocycles. The molecule has 11 aromatic rings. The molecule has 0 fully saturated rings. The lowest BCUT2D eigenvalue weighted by atomic mass is 9.91. The van der Waals surface area contributed by atoms with Crippen LogP contribution in [-0.4, -0.2) is 9.97 Å². The zero-order valence-electron chi connectivity index (χ0n) is 27.2. The smallest absolute Gasteiger partial charge is 0.229 e. The second kappa shape index (κ2) is 10.8. The highest BCUT2D eigenvalue weighted by atomic mass is 16.3. The molecule has 0 aliphatic carbocycles. The van der Waals surface area contributed by atoms with Crippen LogP contribution in [0.3, 0.4) is 0 Å². The number of nitrogens with zero attached hydrogens (tertiary/aromatic N) is 3. The van der Waals surface area contributed by atoms with E-state index in [1.165, 1.54) is 37.9 Å². The standard InChI is InChI=1S/C46H27N3O2/c1-2-10-31-28(9-1)19-22-34-32-11-3-4-12-33(32)37(27-38(31)34)29-17-20-30(21-18-29)49(39-23-25-48-46-43(39)35-13-5-8-16-41(35)51-46)45-44-36-14-6-7-15-40(36)50-42(44)24-26-47-45/h1-27H. The molecule has 5 nitrogen and oxygen atoms in total. The lowest BCUT2D eigenvalue weighted by Gasteiger charge is -2.25. The number of hydrogen-bond donors (Lipinski definition) is 0. The molecule has 0 atom stereocenters. The van der Waals surface area contributed by atoms with Crippen LogP contribution in [0.15, 0.2) is 173 Å². The van der Waals surface area contributed by atoms with Crippen molar-refractivity contribution < 1.29 is 8.83 Å². The predicted molar refractivity (Wildman–Crippen MR) is 209 cm³/mol. The highest BCUT2D eigenvalue weighted by Crippen LogP contribution is 2.46. The average Bonchev–Trinajstić information content (AvgIpc) is 3.77. The molecule has 0 radical (unpaired) electrons. The van der Waals surface area contributed by atoms with Crippen molar-refractivity contribution in [1.29, 1.82) is 0 Å². The van der Waals surface area contributed by atoms with Gasteiger partial charge < -0.3 is 8.83 Å². The quantitative estimate of drug-likeness (QED) is 0.177. The SMILES string of the molecule is c1ccc2c(c1)ccc1c3ccccc3c(-c3ccc(N(c4nccc5oc6ccccc6c45)c4ccnc5oc6ccccc6c45)cc3)cc21. The number of para-hydroxylation sites is 2. The van der Waals surface area contributed by atoms with Gasteiger partial charge in [0, 0.05) is 28.9 Å². The third kappa shape index (κ3) is 4.15. The molecule has 238 valence electrons. The Balaban J connectivity index is 1.17. The van der Waals surface area contributed by atoms with Crippen molar-refractivity contribution in [2.75, 3.05) is 4.90 Å². The van der Waals surface area contributed by atoms with Gasteiger partial charge in [0.1, 0.15) is 22.6 Å². The Bertz CT molecular complexity index is 3040. The van der Waals surface area contributed by atoms with E-state index in [0.717, 1.165) is 61.1 Å². The van der Waals surface area contributed by atoms with Gasteiger partial charge in [0.2, 0.25) is 5.71 Å². The summed E-state index contributed by atoms with van der Waals surface area (Å²) < 4.78 is 12.6. The first kappa shape index (κ1) is 27.9. The summed E-state index contributed by atoms with van der Waals surface area (Å²) in [5.41, 5.74) is 7.18. The Hall–Kier alpha value is -6.98. The Morgan fingerprint density at radius 3 is 1.90 bits per heavy atom. The summed E-state index contributed by atoms with van der Waals surface area (Å²) in [6.07, 6.45) is 3.62. The highest BCUT2D eigenvalue weighted by Gasteiger charge is 2.24. The molecule has 0 N–H and O–H groups in total. The van der Waals surface area contributed by atoms with Crippen molar-refractivity contribution >= 4 is 93.5 Å². The fraction of sp³-hybridized carbons (Fsp3) is 0. The van der Waals surface area contributed by atoms with Gasteiger partial charge in [0.05, 0.1) is 16.5 Å². The zero-order valence-corrected chi connectivity index (χ0v) is 27.2. The van der Waals surface area contributed by atoms with Gasteiger partial charge in [-0.3, -0.25) is 4.90 Å². The Morgan fingerprint density at radius 2 is 1.08 bits per heavy atom. The largest absolute Gasteiger partial charge is 0.456 e. The third-order valence-electron chi connectivity index (χ3n) is 10.2. The molecule has 4 heterocycles. The van der Waals surface area contributed by atoms with Crippen molar-refractivity contribution in [1.82, 2.24) is 9.97 Å².